The molecule has 3 rings (SSSR count). The highest BCUT2D eigenvalue weighted by molar-refractivity contribution is 5.97. The van der Waals surface area contributed by atoms with E-state index in [2.05, 4.69) is 50.4 Å². The fourth-order valence-electron chi connectivity index (χ4n) is 3.14. The number of benzene rings is 3. The van der Waals surface area contributed by atoms with Crippen LogP contribution in [0.3, 0.4) is 0 Å². The zero-order valence-corrected chi connectivity index (χ0v) is 17.6. The van der Waals surface area contributed by atoms with Crippen molar-refractivity contribution in [1.82, 2.24) is 5.32 Å². The second kappa shape index (κ2) is 8.95. The Morgan fingerprint density at radius 1 is 0.897 bits per heavy atom. The summed E-state index contributed by atoms with van der Waals surface area (Å²) in [6.07, 6.45) is 0. The van der Waals surface area contributed by atoms with Gasteiger partial charge in [-0.2, -0.15) is 0 Å². The van der Waals surface area contributed by atoms with Crippen LogP contribution in [0.2, 0.25) is 0 Å². The van der Waals surface area contributed by atoms with Gasteiger partial charge in [0.15, 0.2) is 0 Å². The SMILES string of the molecule is C[C@@H](NC(=O)c1ccccc1OCc1ccccc1)c1ccc(C(C)(C)C)cc1. The standard InChI is InChI=1S/C26H29NO2/c1-19(21-14-16-22(17-15-21)26(2,3)4)27-25(28)23-12-8-9-13-24(23)29-18-20-10-6-5-7-11-20/h5-17,19H,18H2,1-4H3,(H,27,28)/t19-/m1/s1. The molecule has 1 N–H and O–H groups in total. The highest BCUT2D eigenvalue weighted by Crippen LogP contribution is 2.25. The summed E-state index contributed by atoms with van der Waals surface area (Å²) in [4.78, 5) is 12.9. The molecule has 0 bridgehead atoms. The number of ether oxygens (including phenoxy) is 1. The maximum Gasteiger partial charge on any atom is 0.255 e. The number of hydrogen-bond acceptors (Lipinski definition) is 2. The van der Waals surface area contributed by atoms with Gasteiger partial charge in [-0.05, 0) is 41.2 Å². The highest BCUT2D eigenvalue weighted by atomic mass is 16.5. The van der Waals surface area contributed by atoms with Gasteiger partial charge in [0.2, 0.25) is 0 Å². The number of amides is 1. The molecule has 0 saturated carbocycles. The Morgan fingerprint density at radius 3 is 2.17 bits per heavy atom. The van der Waals surface area contributed by atoms with Crippen molar-refractivity contribution in [3.63, 3.8) is 0 Å². The second-order valence-corrected chi connectivity index (χ2v) is 8.34. The molecule has 3 aromatic rings. The minimum atomic E-state index is -0.138. The summed E-state index contributed by atoms with van der Waals surface area (Å²) < 4.78 is 5.92. The number of hydrogen-bond donors (Lipinski definition) is 1. The average Bonchev–Trinajstić information content (AvgIpc) is 2.72. The van der Waals surface area contributed by atoms with Crippen LogP contribution < -0.4 is 10.1 Å². The van der Waals surface area contributed by atoms with Gasteiger partial charge in [0, 0.05) is 0 Å². The third-order valence-corrected chi connectivity index (χ3v) is 4.99. The Kier molecular flexibility index (Phi) is 6.38. The van der Waals surface area contributed by atoms with Crippen LogP contribution in [0.5, 0.6) is 5.75 Å². The van der Waals surface area contributed by atoms with Gasteiger partial charge in [-0.3, -0.25) is 4.79 Å². The first-order valence-corrected chi connectivity index (χ1v) is 10.0. The number of carbonyl (C=O) groups excluding carboxylic acids is 1. The summed E-state index contributed by atoms with van der Waals surface area (Å²) >= 11 is 0. The van der Waals surface area contributed by atoms with E-state index in [0.29, 0.717) is 17.9 Å². The maximum absolute atomic E-state index is 12.9. The molecule has 0 saturated heterocycles. The molecule has 0 heterocycles. The first-order valence-electron chi connectivity index (χ1n) is 10.0. The van der Waals surface area contributed by atoms with Gasteiger partial charge in [0.05, 0.1) is 11.6 Å². The number of rotatable bonds is 6. The van der Waals surface area contributed by atoms with E-state index in [0.717, 1.165) is 11.1 Å². The summed E-state index contributed by atoms with van der Waals surface area (Å²) in [5.41, 5.74) is 4.07. The molecule has 0 aliphatic rings. The lowest BCUT2D eigenvalue weighted by molar-refractivity contribution is 0.0935. The Bertz CT molecular complexity index is 940. The number of carbonyl (C=O) groups is 1. The van der Waals surface area contributed by atoms with Crippen molar-refractivity contribution in [2.45, 2.75) is 45.8 Å². The lowest BCUT2D eigenvalue weighted by Gasteiger charge is -2.21. The molecule has 0 aliphatic heterocycles. The fourth-order valence-corrected chi connectivity index (χ4v) is 3.14. The van der Waals surface area contributed by atoms with Crippen molar-refractivity contribution in [3.05, 3.63) is 101 Å². The van der Waals surface area contributed by atoms with E-state index >= 15 is 0 Å². The third kappa shape index (κ3) is 5.47. The van der Waals surface area contributed by atoms with Crippen molar-refractivity contribution in [2.75, 3.05) is 0 Å². The van der Waals surface area contributed by atoms with Crippen LogP contribution in [0, 0.1) is 0 Å². The summed E-state index contributed by atoms with van der Waals surface area (Å²) in [6, 6.07) is 25.6. The van der Waals surface area contributed by atoms with Gasteiger partial charge in [0.1, 0.15) is 12.4 Å². The van der Waals surface area contributed by atoms with Gasteiger partial charge in [-0.15, -0.1) is 0 Å². The molecule has 3 aromatic carbocycles. The molecule has 150 valence electrons. The molecule has 1 amide bonds. The quantitative estimate of drug-likeness (QED) is 0.559. The molecule has 1 atom stereocenters. The Balaban J connectivity index is 1.69. The van der Waals surface area contributed by atoms with Crippen molar-refractivity contribution >= 4 is 5.91 Å². The number of nitrogens with one attached hydrogen (secondary N) is 1. The first-order chi connectivity index (χ1) is 13.8. The van der Waals surface area contributed by atoms with Crippen LogP contribution in [0.1, 0.15) is 60.8 Å². The monoisotopic (exact) mass is 387 g/mol. The van der Waals surface area contributed by atoms with Crippen LogP contribution in [0.15, 0.2) is 78.9 Å². The molecule has 3 heteroatoms. The van der Waals surface area contributed by atoms with E-state index < -0.39 is 0 Å². The highest BCUT2D eigenvalue weighted by Gasteiger charge is 2.17. The van der Waals surface area contributed by atoms with Crippen molar-refractivity contribution < 1.29 is 9.53 Å². The van der Waals surface area contributed by atoms with Crippen molar-refractivity contribution in [3.8, 4) is 5.75 Å². The third-order valence-electron chi connectivity index (χ3n) is 4.99. The van der Waals surface area contributed by atoms with E-state index in [1.807, 2.05) is 55.5 Å². The normalized spacial score (nSPS) is 12.3. The molecular weight excluding hydrogens is 358 g/mol. The van der Waals surface area contributed by atoms with Gasteiger partial charge < -0.3 is 10.1 Å². The molecule has 0 fully saturated rings. The summed E-state index contributed by atoms with van der Waals surface area (Å²) in [6.45, 7) is 9.01. The van der Waals surface area contributed by atoms with Crippen LogP contribution in [-0.2, 0) is 12.0 Å². The lowest BCUT2D eigenvalue weighted by atomic mass is 9.86. The summed E-state index contributed by atoms with van der Waals surface area (Å²) in [5.74, 6) is 0.449. The Morgan fingerprint density at radius 2 is 1.52 bits per heavy atom. The summed E-state index contributed by atoms with van der Waals surface area (Å²) in [7, 11) is 0. The Labute approximate surface area is 173 Å². The summed E-state index contributed by atoms with van der Waals surface area (Å²) in [5, 5.41) is 3.09. The van der Waals surface area contributed by atoms with Crippen LogP contribution in [-0.4, -0.2) is 5.91 Å². The van der Waals surface area contributed by atoms with Gasteiger partial charge in [-0.1, -0.05) is 87.5 Å². The molecule has 0 radical (unpaired) electrons. The van der Waals surface area contributed by atoms with Crippen LogP contribution >= 0.6 is 0 Å². The minimum absolute atomic E-state index is 0.0984. The molecule has 0 spiro atoms. The molecule has 3 nitrogen and oxygen atoms in total. The zero-order valence-electron chi connectivity index (χ0n) is 17.6. The predicted octanol–water partition coefficient (Wildman–Crippen LogP) is 6.05. The molecular formula is C26H29NO2. The maximum atomic E-state index is 12.9. The van der Waals surface area contributed by atoms with Gasteiger partial charge >= 0.3 is 0 Å². The van der Waals surface area contributed by atoms with Crippen molar-refractivity contribution in [2.24, 2.45) is 0 Å². The molecule has 29 heavy (non-hydrogen) atoms. The topological polar surface area (TPSA) is 38.3 Å². The van der Waals surface area contributed by atoms with E-state index in [-0.39, 0.29) is 17.4 Å². The van der Waals surface area contributed by atoms with Crippen LogP contribution in [0.25, 0.3) is 0 Å². The van der Waals surface area contributed by atoms with Gasteiger partial charge in [0.25, 0.3) is 5.91 Å². The minimum Gasteiger partial charge on any atom is -0.488 e. The molecule has 0 aliphatic carbocycles. The molecule has 0 aromatic heterocycles. The van der Waals surface area contributed by atoms with E-state index in [4.69, 9.17) is 4.74 Å². The lowest BCUT2D eigenvalue weighted by Crippen LogP contribution is -2.27. The smallest absolute Gasteiger partial charge is 0.255 e. The van der Waals surface area contributed by atoms with E-state index in [9.17, 15) is 4.79 Å². The fraction of sp³-hybridized carbons (Fsp3) is 0.269. The Hall–Kier alpha value is -3.07. The second-order valence-electron chi connectivity index (χ2n) is 8.34. The van der Waals surface area contributed by atoms with Crippen molar-refractivity contribution in [1.29, 1.82) is 0 Å². The van der Waals surface area contributed by atoms with Crippen LogP contribution in [0.4, 0.5) is 0 Å². The largest absolute Gasteiger partial charge is 0.488 e. The zero-order chi connectivity index (χ0) is 20.9. The average molecular weight is 388 g/mol. The van der Waals surface area contributed by atoms with Gasteiger partial charge in [-0.25, -0.2) is 0 Å². The number of para-hydroxylation sites is 1. The molecule has 0 unspecified atom stereocenters. The first kappa shape index (κ1) is 20.7. The predicted molar refractivity (Wildman–Crippen MR) is 118 cm³/mol. The van der Waals surface area contributed by atoms with E-state index in [1.54, 1.807) is 6.07 Å². The van der Waals surface area contributed by atoms with E-state index in [1.165, 1.54) is 5.56 Å².